The van der Waals surface area contributed by atoms with Gasteiger partial charge in [0.15, 0.2) is 0 Å². The molecule has 3 rings (SSSR count). The first kappa shape index (κ1) is 19.1. The molecule has 2 heterocycles. The number of nitro benzene ring substituents is 1. The molecule has 1 aliphatic heterocycles. The van der Waals surface area contributed by atoms with E-state index in [0.29, 0.717) is 17.6 Å². The SMILES string of the molecule is COC1CCN(Cc2cc([N+](=O)[O-])cc3[nH]c(=O)c(=O)[nH]c23)CC1.Cl. The molecule has 0 amide bonds. The van der Waals surface area contributed by atoms with Crippen LogP contribution in [0, 0.1) is 10.1 Å². The smallest absolute Gasteiger partial charge is 0.314 e. The van der Waals surface area contributed by atoms with Gasteiger partial charge in [0.1, 0.15) is 0 Å². The number of halogens is 1. The number of ether oxygens (including phenoxy) is 1. The summed E-state index contributed by atoms with van der Waals surface area (Å²) >= 11 is 0. The maximum absolute atomic E-state index is 11.6. The molecule has 2 aromatic rings. The Balaban J connectivity index is 0.00000225. The molecule has 1 saturated heterocycles. The van der Waals surface area contributed by atoms with Crippen LogP contribution in [0.4, 0.5) is 5.69 Å². The molecule has 0 saturated carbocycles. The van der Waals surface area contributed by atoms with Gasteiger partial charge in [-0.25, -0.2) is 0 Å². The molecule has 0 radical (unpaired) electrons. The summed E-state index contributed by atoms with van der Waals surface area (Å²) in [6.07, 6.45) is 2.01. The van der Waals surface area contributed by atoms with E-state index in [-0.39, 0.29) is 29.7 Å². The number of H-pyrrole nitrogens is 2. The van der Waals surface area contributed by atoms with Crippen molar-refractivity contribution in [2.45, 2.75) is 25.5 Å². The number of non-ortho nitro benzene ring substituents is 1. The van der Waals surface area contributed by atoms with Crippen molar-refractivity contribution in [3.63, 3.8) is 0 Å². The minimum absolute atomic E-state index is 0. The molecule has 1 aromatic carbocycles. The molecule has 0 atom stereocenters. The molecule has 1 aliphatic rings. The normalized spacial score (nSPS) is 15.9. The predicted molar refractivity (Wildman–Crippen MR) is 94.4 cm³/mol. The summed E-state index contributed by atoms with van der Waals surface area (Å²) in [6, 6.07) is 2.70. The van der Waals surface area contributed by atoms with Crippen LogP contribution in [0.1, 0.15) is 18.4 Å². The van der Waals surface area contributed by atoms with Crippen LogP contribution >= 0.6 is 12.4 Å². The summed E-state index contributed by atoms with van der Waals surface area (Å²) in [5.41, 5.74) is -0.407. The van der Waals surface area contributed by atoms with Gasteiger partial charge in [-0.05, 0) is 18.4 Å². The van der Waals surface area contributed by atoms with Crippen LogP contribution in [-0.4, -0.2) is 46.1 Å². The molecule has 1 aromatic heterocycles. The highest BCUT2D eigenvalue weighted by atomic mass is 35.5. The highest BCUT2D eigenvalue weighted by molar-refractivity contribution is 5.85. The molecule has 25 heavy (non-hydrogen) atoms. The largest absolute Gasteiger partial charge is 0.381 e. The average molecular weight is 371 g/mol. The standard InChI is InChI=1S/C15H18N4O5.ClH/c1-24-11-2-4-18(5-3-11)8-9-6-10(19(22)23)7-12-13(9)17-15(21)14(20)16-12;/h6-7,11H,2-5,8H2,1H3,(H,16,20)(H,17,21);1H. The van der Waals surface area contributed by atoms with Gasteiger partial charge < -0.3 is 14.7 Å². The van der Waals surface area contributed by atoms with Crippen LogP contribution in [-0.2, 0) is 11.3 Å². The Morgan fingerprint density at radius 2 is 1.88 bits per heavy atom. The van der Waals surface area contributed by atoms with Crippen LogP contribution in [0.2, 0.25) is 0 Å². The van der Waals surface area contributed by atoms with Crippen molar-refractivity contribution in [3.8, 4) is 0 Å². The molecule has 136 valence electrons. The third kappa shape index (κ3) is 4.06. The highest BCUT2D eigenvalue weighted by Crippen LogP contribution is 2.24. The molecule has 9 nitrogen and oxygen atoms in total. The first-order valence-corrected chi connectivity index (χ1v) is 7.66. The first-order chi connectivity index (χ1) is 11.5. The number of hydrogen-bond donors (Lipinski definition) is 2. The van der Waals surface area contributed by atoms with Crippen LogP contribution < -0.4 is 11.1 Å². The third-order valence-corrected chi connectivity index (χ3v) is 4.37. The molecular formula is C15H19ClN4O5. The van der Waals surface area contributed by atoms with Gasteiger partial charge in [-0.1, -0.05) is 0 Å². The lowest BCUT2D eigenvalue weighted by Crippen LogP contribution is -2.36. The number of nitro groups is 1. The lowest BCUT2D eigenvalue weighted by molar-refractivity contribution is -0.384. The minimum Gasteiger partial charge on any atom is -0.381 e. The average Bonchev–Trinajstić information content (AvgIpc) is 2.57. The summed E-state index contributed by atoms with van der Waals surface area (Å²) in [5.74, 6) is 0. The summed E-state index contributed by atoms with van der Waals surface area (Å²) in [5, 5.41) is 11.1. The molecule has 2 N–H and O–H groups in total. The Bertz CT molecular complexity index is 886. The molecule has 0 aliphatic carbocycles. The fourth-order valence-corrected chi connectivity index (χ4v) is 3.06. The van der Waals surface area contributed by atoms with Gasteiger partial charge in [-0.15, -0.1) is 12.4 Å². The number of nitrogens with one attached hydrogen (secondary N) is 2. The van der Waals surface area contributed by atoms with Crippen LogP contribution in [0.15, 0.2) is 21.7 Å². The molecular weight excluding hydrogens is 352 g/mol. The van der Waals surface area contributed by atoms with Gasteiger partial charge in [0.2, 0.25) is 0 Å². The number of nitrogens with zero attached hydrogens (tertiary/aromatic N) is 2. The van der Waals surface area contributed by atoms with Gasteiger partial charge in [-0.3, -0.25) is 24.6 Å². The Morgan fingerprint density at radius 1 is 1.24 bits per heavy atom. The van der Waals surface area contributed by atoms with Crippen molar-refractivity contribution >= 4 is 29.1 Å². The van der Waals surface area contributed by atoms with Crippen molar-refractivity contribution < 1.29 is 9.66 Å². The van der Waals surface area contributed by atoms with E-state index in [4.69, 9.17) is 4.74 Å². The van der Waals surface area contributed by atoms with E-state index in [1.807, 2.05) is 0 Å². The zero-order valence-electron chi connectivity index (χ0n) is 13.6. The maximum Gasteiger partial charge on any atom is 0.314 e. The molecule has 0 bridgehead atoms. The van der Waals surface area contributed by atoms with Crippen LogP contribution in [0.25, 0.3) is 11.0 Å². The topological polar surface area (TPSA) is 121 Å². The van der Waals surface area contributed by atoms with Crippen LogP contribution in [0.3, 0.4) is 0 Å². The van der Waals surface area contributed by atoms with Crippen LogP contribution in [0.5, 0.6) is 0 Å². The number of rotatable bonds is 4. The van der Waals surface area contributed by atoms with Gasteiger partial charge in [0, 0.05) is 38.9 Å². The van der Waals surface area contributed by atoms with E-state index in [1.165, 1.54) is 12.1 Å². The Morgan fingerprint density at radius 3 is 2.48 bits per heavy atom. The quantitative estimate of drug-likeness (QED) is 0.473. The number of benzene rings is 1. The number of hydrogen-bond acceptors (Lipinski definition) is 6. The second kappa shape index (κ2) is 7.77. The number of likely N-dealkylation sites (tertiary alicyclic amines) is 1. The number of methoxy groups -OCH3 is 1. The summed E-state index contributed by atoms with van der Waals surface area (Å²) < 4.78 is 5.34. The van der Waals surface area contributed by atoms with Gasteiger partial charge in [-0.2, -0.15) is 0 Å². The lowest BCUT2D eigenvalue weighted by Gasteiger charge is -2.31. The highest BCUT2D eigenvalue weighted by Gasteiger charge is 2.21. The molecule has 0 unspecified atom stereocenters. The lowest BCUT2D eigenvalue weighted by atomic mass is 10.1. The van der Waals surface area contributed by atoms with E-state index >= 15 is 0 Å². The van der Waals surface area contributed by atoms with Gasteiger partial charge in [0.05, 0.1) is 22.1 Å². The maximum atomic E-state index is 11.6. The van der Waals surface area contributed by atoms with Crippen molar-refractivity contribution in [2.75, 3.05) is 20.2 Å². The number of aromatic nitrogens is 2. The monoisotopic (exact) mass is 370 g/mol. The Kier molecular flexibility index (Phi) is 5.93. The Hall–Kier alpha value is -2.23. The van der Waals surface area contributed by atoms with Crippen molar-refractivity contribution in [3.05, 3.63) is 48.5 Å². The fourth-order valence-electron chi connectivity index (χ4n) is 3.06. The number of piperidine rings is 1. The summed E-state index contributed by atoms with van der Waals surface area (Å²) in [6.45, 7) is 2.06. The second-order valence-electron chi connectivity index (χ2n) is 5.90. The summed E-state index contributed by atoms with van der Waals surface area (Å²) in [7, 11) is 1.69. The van der Waals surface area contributed by atoms with Crippen molar-refractivity contribution in [1.82, 2.24) is 14.9 Å². The van der Waals surface area contributed by atoms with Crippen molar-refractivity contribution in [2.24, 2.45) is 0 Å². The third-order valence-electron chi connectivity index (χ3n) is 4.37. The molecule has 10 heteroatoms. The minimum atomic E-state index is -0.824. The molecule has 1 fully saturated rings. The Labute approximate surface area is 148 Å². The zero-order chi connectivity index (χ0) is 17.3. The van der Waals surface area contributed by atoms with Crippen molar-refractivity contribution in [1.29, 1.82) is 0 Å². The number of fused-ring (bicyclic) bond motifs is 1. The van der Waals surface area contributed by atoms with E-state index in [0.717, 1.165) is 25.9 Å². The van der Waals surface area contributed by atoms with E-state index < -0.39 is 16.0 Å². The van der Waals surface area contributed by atoms with E-state index in [9.17, 15) is 19.7 Å². The van der Waals surface area contributed by atoms with E-state index in [1.54, 1.807) is 7.11 Å². The molecule has 0 spiro atoms. The van der Waals surface area contributed by atoms with Gasteiger partial charge in [0.25, 0.3) is 5.69 Å². The van der Waals surface area contributed by atoms with Gasteiger partial charge >= 0.3 is 11.1 Å². The number of aromatic amines is 2. The first-order valence-electron chi connectivity index (χ1n) is 7.66. The summed E-state index contributed by atoms with van der Waals surface area (Å²) in [4.78, 5) is 40.8. The van der Waals surface area contributed by atoms with E-state index in [2.05, 4.69) is 14.9 Å². The second-order valence-corrected chi connectivity index (χ2v) is 5.90. The predicted octanol–water partition coefficient (Wildman–Crippen LogP) is 1.16. The zero-order valence-corrected chi connectivity index (χ0v) is 14.4. The fraction of sp³-hybridized carbons (Fsp3) is 0.467.